The van der Waals surface area contributed by atoms with E-state index in [1.165, 1.54) is 37.3 Å². The second-order valence-electron chi connectivity index (χ2n) is 4.63. The molecule has 0 aliphatic heterocycles. The minimum Gasteiger partial charge on any atom is -0.329 e. The fraction of sp³-hybridized carbons (Fsp3) is 0.357. The standard InChI is InChI=1S/C14H15F3N2O3S/c1-3-8-18(9-14(15,16)17)13(20)10(2)23-12-6-4-11(5-7-12)19(21)22/h3-7,10H,1,8-9H2,2H3. The zero-order valence-corrected chi connectivity index (χ0v) is 13.1. The van der Waals surface area contributed by atoms with Crippen LogP contribution in [0.2, 0.25) is 0 Å². The van der Waals surface area contributed by atoms with E-state index >= 15 is 0 Å². The molecule has 0 aliphatic rings. The fourth-order valence-corrected chi connectivity index (χ4v) is 2.71. The van der Waals surface area contributed by atoms with Gasteiger partial charge < -0.3 is 4.90 Å². The monoisotopic (exact) mass is 348 g/mol. The van der Waals surface area contributed by atoms with Crippen molar-refractivity contribution in [1.82, 2.24) is 4.90 Å². The lowest BCUT2D eigenvalue weighted by atomic mass is 10.3. The van der Waals surface area contributed by atoms with Gasteiger partial charge in [-0.1, -0.05) is 6.08 Å². The summed E-state index contributed by atoms with van der Waals surface area (Å²) < 4.78 is 37.5. The Morgan fingerprint density at radius 3 is 2.43 bits per heavy atom. The van der Waals surface area contributed by atoms with Crippen LogP contribution < -0.4 is 0 Å². The Hall–Kier alpha value is -2.03. The number of hydrogen-bond donors (Lipinski definition) is 0. The van der Waals surface area contributed by atoms with Gasteiger partial charge in [0.25, 0.3) is 5.69 Å². The number of alkyl halides is 3. The van der Waals surface area contributed by atoms with Gasteiger partial charge in [0.05, 0.1) is 10.2 Å². The molecule has 1 amide bonds. The topological polar surface area (TPSA) is 63.5 Å². The molecule has 0 fully saturated rings. The number of carbonyl (C=O) groups is 1. The van der Waals surface area contributed by atoms with Gasteiger partial charge in [-0.3, -0.25) is 14.9 Å². The first-order valence-electron chi connectivity index (χ1n) is 6.51. The number of rotatable bonds is 7. The van der Waals surface area contributed by atoms with Crippen LogP contribution in [0.3, 0.4) is 0 Å². The van der Waals surface area contributed by atoms with Gasteiger partial charge in [-0.05, 0) is 19.1 Å². The van der Waals surface area contributed by atoms with Gasteiger partial charge in [-0.25, -0.2) is 0 Å². The maximum Gasteiger partial charge on any atom is 0.406 e. The number of thioether (sulfide) groups is 1. The maximum atomic E-state index is 12.5. The van der Waals surface area contributed by atoms with E-state index in [0.29, 0.717) is 9.80 Å². The summed E-state index contributed by atoms with van der Waals surface area (Å²) in [6.45, 7) is 3.29. The highest BCUT2D eigenvalue weighted by atomic mass is 32.2. The number of nitrogens with zero attached hydrogens (tertiary/aromatic N) is 2. The normalized spacial score (nSPS) is 12.5. The van der Waals surface area contributed by atoms with Crippen molar-refractivity contribution < 1.29 is 22.9 Å². The molecule has 0 saturated heterocycles. The summed E-state index contributed by atoms with van der Waals surface area (Å²) in [4.78, 5) is 23.4. The summed E-state index contributed by atoms with van der Waals surface area (Å²) in [5, 5.41) is 9.79. The summed E-state index contributed by atoms with van der Waals surface area (Å²) >= 11 is 1.04. The second-order valence-corrected chi connectivity index (χ2v) is 6.05. The molecule has 1 atom stereocenters. The summed E-state index contributed by atoms with van der Waals surface area (Å²) in [7, 11) is 0. The van der Waals surface area contributed by atoms with E-state index in [2.05, 4.69) is 6.58 Å². The van der Waals surface area contributed by atoms with Gasteiger partial charge in [0.15, 0.2) is 0 Å². The van der Waals surface area contributed by atoms with Crippen LogP contribution in [-0.2, 0) is 4.79 Å². The van der Waals surface area contributed by atoms with E-state index in [9.17, 15) is 28.1 Å². The van der Waals surface area contributed by atoms with Crippen LogP contribution in [-0.4, -0.2) is 40.2 Å². The molecule has 0 spiro atoms. The number of carbonyl (C=O) groups excluding carboxylic acids is 1. The first-order chi connectivity index (χ1) is 10.6. The third-order valence-electron chi connectivity index (χ3n) is 2.74. The highest BCUT2D eigenvalue weighted by Crippen LogP contribution is 2.27. The Bertz CT molecular complexity index is 576. The molecular weight excluding hydrogens is 333 g/mol. The molecule has 0 N–H and O–H groups in total. The van der Waals surface area contributed by atoms with Crippen LogP contribution >= 0.6 is 11.8 Å². The molecule has 0 heterocycles. The highest BCUT2D eigenvalue weighted by molar-refractivity contribution is 8.00. The number of nitro groups is 1. The van der Waals surface area contributed by atoms with E-state index in [-0.39, 0.29) is 12.2 Å². The molecule has 0 aromatic heterocycles. The summed E-state index contributed by atoms with van der Waals surface area (Å²) in [6, 6.07) is 5.45. The quantitative estimate of drug-likeness (QED) is 0.327. The van der Waals surface area contributed by atoms with Crippen LogP contribution in [0.4, 0.5) is 18.9 Å². The minimum absolute atomic E-state index is 0.0984. The van der Waals surface area contributed by atoms with Crippen molar-refractivity contribution in [2.75, 3.05) is 13.1 Å². The molecule has 0 aliphatic carbocycles. The molecule has 0 bridgehead atoms. The average molecular weight is 348 g/mol. The molecule has 126 valence electrons. The van der Waals surface area contributed by atoms with Gasteiger partial charge >= 0.3 is 6.18 Å². The Kier molecular flexibility index (Phi) is 6.62. The molecule has 0 saturated carbocycles. The largest absolute Gasteiger partial charge is 0.406 e. The molecule has 23 heavy (non-hydrogen) atoms. The maximum absolute atomic E-state index is 12.5. The van der Waals surface area contributed by atoms with Crippen LogP contribution in [0.5, 0.6) is 0 Å². The minimum atomic E-state index is -4.49. The molecule has 1 aromatic rings. The fourth-order valence-electron chi connectivity index (χ4n) is 1.76. The van der Waals surface area contributed by atoms with E-state index < -0.39 is 28.8 Å². The second kappa shape index (κ2) is 8.00. The van der Waals surface area contributed by atoms with Crippen molar-refractivity contribution >= 4 is 23.4 Å². The molecule has 1 unspecified atom stereocenters. The number of non-ortho nitro benzene ring substituents is 1. The number of hydrogen-bond acceptors (Lipinski definition) is 4. The first-order valence-corrected chi connectivity index (χ1v) is 7.39. The Balaban J connectivity index is 2.77. The predicted molar refractivity (Wildman–Crippen MR) is 81.2 cm³/mol. The number of amides is 1. The van der Waals surface area contributed by atoms with Crippen molar-refractivity contribution in [2.45, 2.75) is 23.2 Å². The Morgan fingerprint density at radius 2 is 2.00 bits per heavy atom. The van der Waals surface area contributed by atoms with Gasteiger partial charge in [0.2, 0.25) is 5.91 Å². The average Bonchev–Trinajstić information content (AvgIpc) is 2.45. The third-order valence-corrected chi connectivity index (χ3v) is 3.84. The molecule has 9 heteroatoms. The zero-order valence-electron chi connectivity index (χ0n) is 12.2. The smallest absolute Gasteiger partial charge is 0.329 e. The van der Waals surface area contributed by atoms with Crippen molar-refractivity contribution in [2.24, 2.45) is 0 Å². The molecular formula is C14H15F3N2O3S. The van der Waals surface area contributed by atoms with E-state index in [4.69, 9.17) is 0 Å². The molecule has 1 rings (SSSR count). The number of halogens is 3. The highest BCUT2D eigenvalue weighted by Gasteiger charge is 2.34. The van der Waals surface area contributed by atoms with Crippen LogP contribution in [0, 0.1) is 10.1 Å². The van der Waals surface area contributed by atoms with Crippen molar-refractivity contribution in [1.29, 1.82) is 0 Å². The van der Waals surface area contributed by atoms with Crippen molar-refractivity contribution in [3.8, 4) is 0 Å². The van der Waals surface area contributed by atoms with Crippen molar-refractivity contribution in [3.05, 3.63) is 47.0 Å². The summed E-state index contributed by atoms with van der Waals surface area (Å²) in [6.07, 6.45) is -3.26. The summed E-state index contributed by atoms with van der Waals surface area (Å²) in [5.74, 6) is -0.675. The number of nitro benzene ring substituents is 1. The van der Waals surface area contributed by atoms with Crippen molar-refractivity contribution in [3.63, 3.8) is 0 Å². The lowest BCUT2D eigenvalue weighted by molar-refractivity contribution is -0.384. The molecule has 5 nitrogen and oxygen atoms in total. The Morgan fingerprint density at radius 1 is 1.43 bits per heavy atom. The van der Waals surface area contributed by atoms with E-state index in [0.717, 1.165) is 11.8 Å². The molecule has 0 radical (unpaired) electrons. The third kappa shape index (κ3) is 6.31. The van der Waals surface area contributed by atoms with Gasteiger partial charge in [-0.15, -0.1) is 18.3 Å². The van der Waals surface area contributed by atoms with Crippen LogP contribution in [0.1, 0.15) is 6.92 Å². The first kappa shape index (κ1) is 19.0. The van der Waals surface area contributed by atoms with Gasteiger partial charge in [0, 0.05) is 23.6 Å². The lowest BCUT2D eigenvalue weighted by Gasteiger charge is -2.25. The van der Waals surface area contributed by atoms with Gasteiger partial charge in [0.1, 0.15) is 6.54 Å². The van der Waals surface area contributed by atoms with Crippen LogP contribution in [0.15, 0.2) is 41.8 Å². The SMILES string of the molecule is C=CCN(CC(F)(F)F)C(=O)C(C)Sc1ccc([N+](=O)[O-])cc1. The van der Waals surface area contributed by atoms with E-state index in [1.807, 2.05) is 0 Å². The summed E-state index contributed by atoms with van der Waals surface area (Å²) in [5.41, 5.74) is -0.0984. The van der Waals surface area contributed by atoms with Gasteiger partial charge in [-0.2, -0.15) is 13.2 Å². The Labute approximate surface area is 135 Å². The lowest BCUT2D eigenvalue weighted by Crippen LogP contribution is -2.42. The zero-order chi connectivity index (χ0) is 17.6. The number of benzene rings is 1. The molecule has 1 aromatic carbocycles. The van der Waals surface area contributed by atoms with Crippen LogP contribution in [0.25, 0.3) is 0 Å². The van der Waals surface area contributed by atoms with E-state index in [1.54, 1.807) is 0 Å². The predicted octanol–water partition coefficient (Wildman–Crippen LogP) is 3.65.